The lowest BCUT2D eigenvalue weighted by Crippen LogP contribution is -2.19. The van der Waals surface area contributed by atoms with Crippen LogP contribution >= 0.6 is 0 Å². The summed E-state index contributed by atoms with van der Waals surface area (Å²) in [5, 5.41) is 0. The molecule has 68 valence electrons. The highest BCUT2D eigenvalue weighted by molar-refractivity contribution is 5.32. The predicted molar refractivity (Wildman–Crippen MR) is 49.9 cm³/mol. The minimum Gasteiger partial charge on any atom is -0.330 e. The Morgan fingerprint density at radius 1 is 1.62 bits per heavy atom. The normalized spacial score (nSPS) is 10.9. The van der Waals surface area contributed by atoms with Gasteiger partial charge in [0.2, 0.25) is 5.78 Å². The van der Waals surface area contributed by atoms with Gasteiger partial charge in [-0.25, -0.2) is 4.98 Å². The Morgan fingerprint density at radius 3 is 3.08 bits per heavy atom. The quantitative estimate of drug-likeness (QED) is 0.703. The third-order valence-electron chi connectivity index (χ3n) is 2.21. The van der Waals surface area contributed by atoms with Gasteiger partial charge < -0.3 is 4.98 Å². The number of hydrogen-bond donors (Lipinski definition) is 1. The first kappa shape index (κ1) is 8.04. The number of nitrogens with zero attached hydrogens (tertiary/aromatic N) is 2. The van der Waals surface area contributed by atoms with E-state index in [4.69, 9.17) is 0 Å². The smallest absolute Gasteiger partial charge is 0.262 e. The van der Waals surface area contributed by atoms with Crippen molar-refractivity contribution in [2.45, 2.75) is 20.3 Å². The van der Waals surface area contributed by atoms with Crippen LogP contribution in [0.4, 0.5) is 0 Å². The second-order valence-corrected chi connectivity index (χ2v) is 2.99. The summed E-state index contributed by atoms with van der Waals surface area (Å²) in [6, 6.07) is 0. The van der Waals surface area contributed by atoms with Crippen LogP contribution in [0.5, 0.6) is 0 Å². The molecule has 0 aliphatic rings. The van der Waals surface area contributed by atoms with Crippen LogP contribution in [-0.2, 0) is 6.42 Å². The summed E-state index contributed by atoms with van der Waals surface area (Å²) in [6.07, 6.45) is 4.14. The Bertz CT molecular complexity index is 495. The molecule has 0 amide bonds. The molecular weight excluding hydrogens is 166 g/mol. The number of hydrogen-bond acceptors (Lipinski definition) is 2. The molecule has 2 rings (SSSR count). The molecule has 0 aliphatic carbocycles. The van der Waals surface area contributed by atoms with Gasteiger partial charge in [0.25, 0.3) is 5.56 Å². The van der Waals surface area contributed by atoms with E-state index in [1.165, 1.54) is 4.40 Å². The van der Waals surface area contributed by atoms with Crippen LogP contribution in [-0.4, -0.2) is 14.4 Å². The lowest BCUT2D eigenvalue weighted by atomic mass is 10.2. The van der Waals surface area contributed by atoms with E-state index >= 15 is 0 Å². The molecule has 4 heteroatoms. The zero-order valence-corrected chi connectivity index (χ0v) is 7.66. The highest BCUT2D eigenvalue weighted by Gasteiger charge is 2.07. The van der Waals surface area contributed by atoms with E-state index in [0.29, 0.717) is 5.78 Å². The Hall–Kier alpha value is -1.58. The van der Waals surface area contributed by atoms with Crippen LogP contribution in [0.15, 0.2) is 17.2 Å². The van der Waals surface area contributed by atoms with Crippen molar-refractivity contribution >= 4 is 5.78 Å². The first-order valence-corrected chi connectivity index (χ1v) is 4.29. The van der Waals surface area contributed by atoms with Gasteiger partial charge in [0.1, 0.15) is 0 Å². The van der Waals surface area contributed by atoms with Gasteiger partial charge in [0.05, 0.1) is 0 Å². The third kappa shape index (κ3) is 1.06. The molecule has 4 nitrogen and oxygen atoms in total. The van der Waals surface area contributed by atoms with Crippen molar-refractivity contribution in [3.05, 3.63) is 34.0 Å². The molecule has 0 saturated carbocycles. The molecule has 2 heterocycles. The molecule has 0 radical (unpaired) electrons. The number of fused-ring (bicyclic) bond motifs is 1. The zero-order valence-electron chi connectivity index (χ0n) is 7.66. The summed E-state index contributed by atoms with van der Waals surface area (Å²) in [5.74, 6) is 0.611. The Kier molecular flexibility index (Phi) is 1.69. The van der Waals surface area contributed by atoms with Crippen molar-refractivity contribution in [2.24, 2.45) is 0 Å². The van der Waals surface area contributed by atoms with Crippen LogP contribution in [0.25, 0.3) is 5.78 Å². The average Bonchev–Trinajstić information content (AvgIpc) is 2.53. The lowest BCUT2D eigenvalue weighted by Gasteiger charge is -2.01. The van der Waals surface area contributed by atoms with Crippen LogP contribution in [0.2, 0.25) is 0 Å². The number of H-pyrrole nitrogens is 1. The van der Waals surface area contributed by atoms with Crippen molar-refractivity contribution in [3.63, 3.8) is 0 Å². The second-order valence-electron chi connectivity index (χ2n) is 2.99. The van der Waals surface area contributed by atoms with Crippen molar-refractivity contribution < 1.29 is 0 Å². The topological polar surface area (TPSA) is 50.2 Å². The molecule has 1 N–H and O–H groups in total. The van der Waals surface area contributed by atoms with Gasteiger partial charge in [-0.2, -0.15) is 0 Å². The van der Waals surface area contributed by atoms with Gasteiger partial charge in [-0.05, 0) is 13.3 Å². The summed E-state index contributed by atoms with van der Waals surface area (Å²) in [4.78, 5) is 18.9. The van der Waals surface area contributed by atoms with E-state index in [1.807, 2.05) is 13.8 Å². The first-order chi connectivity index (χ1) is 6.24. The molecule has 0 bridgehead atoms. The maximum Gasteiger partial charge on any atom is 0.262 e. The Labute approximate surface area is 75.2 Å². The molecule has 0 aliphatic heterocycles. The van der Waals surface area contributed by atoms with Gasteiger partial charge in [-0.1, -0.05) is 6.92 Å². The van der Waals surface area contributed by atoms with E-state index in [1.54, 1.807) is 12.4 Å². The van der Waals surface area contributed by atoms with Gasteiger partial charge in [-0.15, -0.1) is 0 Å². The molecule has 2 aromatic rings. The van der Waals surface area contributed by atoms with E-state index in [2.05, 4.69) is 9.97 Å². The number of aromatic amines is 1. The Balaban J connectivity index is 2.93. The number of nitrogens with one attached hydrogen (secondary N) is 1. The monoisotopic (exact) mass is 177 g/mol. The highest BCUT2D eigenvalue weighted by Crippen LogP contribution is 2.01. The molecule has 0 atom stereocenters. The van der Waals surface area contributed by atoms with Gasteiger partial charge in [-0.3, -0.25) is 9.20 Å². The average molecular weight is 177 g/mol. The minimum atomic E-state index is 0.0336. The summed E-state index contributed by atoms with van der Waals surface area (Å²) in [5.41, 5.74) is 1.64. The predicted octanol–water partition coefficient (Wildman–Crippen LogP) is 0.893. The number of imidazole rings is 1. The fourth-order valence-corrected chi connectivity index (χ4v) is 1.51. The number of rotatable bonds is 1. The molecule has 0 saturated heterocycles. The summed E-state index contributed by atoms with van der Waals surface area (Å²) < 4.78 is 1.53. The van der Waals surface area contributed by atoms with Crippen molar-refractivity contribution in [1.82, 2.24) is 14.4 Å². The molecule has 0 aromatic carbocycles. The largest absolute Gasteiger partial charge is 0.330 e. The van der Waals surface area contributed by atoms with Crippen molar-refractivity contribution in [3.8, 4) is 0 Å². The molecule has 2 aromatic heterocycles. The van der Waals surface area contributed by atoms with Crippen LogP contribution in [0, 0.1) is 6.92 Å². The minimum absolute atomic E-state index is 0.0336. The van der Waals surface area contributed by atoms with Crippen LogP contribution in [0.1, 0.15) is 18.2 Å². The van der Waals surface area contributed by atoms with Crippen LogP contribution in [0.3, 0.4) is 0 Å². The van der Waals surface area contributed by atoms with Crippen molar-refractivity contribution in [1.29, 1.82) is 0 Å². The maximum absolute atomic E-state index is 11.7. The second kappa shape index (κ2) is 2.73. The van der Waals surface area contributed by atoms with Crippen LogP contribution < -0.4 is 5.56 Å². The Morgan fingerprint density at radius 2 is 2.38 bits per heavy atom. The van der Waals surface area contributed by atoms with Gasteiger partial charge in [0.15, 0.2) is 0 Å². The first-order valence-electron chi connectivity index (χ1n) is 4.29. The van der Waals surface area contributed by atoms with Gasteiger partial charge in [0, 0.05) is 23.7 Å². The van der Waals surface area contributed by atoms with E-state index in [0.717, 1.165) is 17.7 Å². The van der Waals surface area contributed by atoms with E-state index < -0.39 is 0 Å². The molecule has 13 heavy (non-hydrogen) atoms. The summed E-state index contributed by atoms with van der Waals surface area (Å²) in [7, 11) is 0. The lowest BCUT2D eigenvalue weighted by molar-refractivity contribution is 0.939. The van der Waals surface area contributed by atoms with Crippen molar-refractivity contribution in [2.75, 3.05) is 0 Å². The fraction of sp³-hybridized carbons (Fsp3) is 0.333. The molecule has 0 spiro atoms. The van der Waals surface area contributed by atoms with Gasteiger partial charge >= 0.3 is 0 Å². The SMILES string of the molecule is CCc1c(C)nc2[nH]ccn2c1=O. The third-order valence-corrected chi connectivity index (χ3v) is 2.21. The molecular formula is C9H11N3O. The summed E-state index contributed by atoms with van der Waals surface area (Å²) in [6.45, 7) is 3.82. The van der Waals surface area contributed by atoms with E-state index in [-0.39, 0.29) is 5.56 Å². The standard InChI is InChI=1S/C9H11N3O/c1-3-7-6(2)11-9-10-4-5-12(9)8(7)13/h4-5H,3H2,1-2H3,(H,10,11). The maximum atomic E-state index is 11.7. The van der Waals surface area contributed by atoms with E-state index in [9.17, 15) is 4.79 Å². The summed E-state index contributed by atoms with van der Waals surface area (Å²) >= 11 is 0. The zero-order chi connectivity index (χ0) is 9.42. The fourth-order valence-electron chi connectivity index (χ4n) is 1.51. The number of aryl methyl sites for hydroxylation is 1. The highest BCUT2D eigenvalue weighted by atomic mass is 16.1. The molecule has 0 unspecified atom stereocenters. The number of aromatic nitrogens is 3. The molecule has 0 fully saturated rings.